The molecule has 5 nitrogen and oxygen atoms in total. The van der Waals surface area contributed by atoms with E-state index in [0.717, 1.165) is 32.0 Å². The molecule has 0 aliphatic carbocycles. The molecule has 1 aliphatic rings. The number of nitrogens with one attached hydrogen (secondary N) is 2. The summed E-state index contributed by atoms with van der Waals surface area (Å²) >= 11 is 1.88. The smallest absolute Gasteiger partial charge is 0.191 e. The van der Waals surface area contributed by atoms with Crippen molar-refractivity contribution in [3.05, 3.63) is 30.3 Å². The van der Waals surface area contributed by atoms with Gasteiger partial charge in [0.05, 0.1) is 6.54 Å². The second-order valence-corrected chi connectivity index (χ2v) is 8.75. The van der Waals surface area contributed by atoms with Crippen molar-refractivity contribution in [2.24, 2.45) is 4.99 Å². The number of likely N-dealkylation sites (N-methyl/N-ethyl adjacent to an activating group) is 1. The van der Waals surface area contributed by atoms with Gasteiger partial charge in [-0.15, -0.1) is 11.8 Å². The van der Waals surface area contributed by atoms with Crippen LogP contribution >= 0.6 is 11.8 Å². The summed E-state index contributed by atoms with van der Waals surface area (Å²) in [5.41, 5.74) is 0. The molecular weight excluding hydrogens is 354 g/mol. The molecule has 0 saturated carbocycles. The van der Waals surface area contributed by atoms with E-state index in [-0.39, 0.29) is 0 Å². The molecule has 152 valence electrons. The van der Waals surface area contributed by atoms with Crippen molar-refractivity contribution in [1.29, 1.82) is 0 Å². The van der Waals surface area contributed by atoms with E-state index in [1.165, 1.54) is 44.0 Å². The van der Waals surface area contributed by atoms with Crippen molar-refractivity contribution in [1.82, 2.24) is 20.4 Å². The van der Waals surface area contributed by atoms with E-state index in [1.54, 1.807) is 0 Å². The standard InChI is InChI=1S/C21H37N5S/c1-4-22-21(24-18-19(2)27-20-10-6-5-7-11-20)23-12-8-14-26-15-9-13-25(3)16-17-26/h5-7,10-11,19H,4,8-9,12-18H2,1-3H3,(H2,22,23,24). The van der Waals surface area contributed by atoms with Crippen LogP contribution < -0.4 is 10.6 Å². The zero-order chi connectivity index (χ0) is 19.3. The molecule has 1 atom stereocenters. The molecule has 0 aromatic heterocycles. The maximum Gasteiger partial charge on any atom is 0.191 e. The Labute approximate surface area is 170 Å². The lowest BCUT2D eigenvalue weighted by Crippen LogP contribution is -2.39. The Morgan fingerprint density at radius 2 is 1.96 bits per heavy atom. The zero-order valence-electron chi connectivity index (χ0n) is 17.3. The summed E-state index contributed by atoms with van der Waals surface area (Å²) in [6.07, 6.45) is 2.44. The van der Waals surface area contributed by atoms with Crippen molar-refractivity contribution in [2.45, 2.75) is 36.8 Å². The number of hydrogen-bond donors (Lipinski definition) is 2. The van der Waals surface area contributed by atoms with E-state index in [2.05, 4.69) is 71.7 Å². The first-order valence-electron chi connectivity index (χ1n) is 10.3. The number of nitrogens with zero attached hydrogens (tertiary/aromatic N) is 3. The quantitative estimate of drug-likeness (QED) is 0.293. The first-order valence-corrected chi connectivity index (χ1v) is 11.2. The monoisotopic (exact) mass is 391 g/mol. The molecule has 0 spiro atoms. The van der Waals surface area contributed by atoms with Gasteiger partial charge >= 0.3 is 0 Å². The van der Waals surface area contributed by atoms with Gasteiger partial charge in [-0.2, -0.15) is 0 Å². The van der Waals surface area contributed by atoms with Crippen LogP contribution in [0.4, 0.5) is 0 Å². The van der Waals surface area contributed by atoms with Gasteiger partial charge < -0.3 is 20.4 Å². The summed E-state index contributed by atoms with van der Waals surface area (Å²) in [5.74, 6) is 0.939. The first kappa shape index (κ1) is 22.1. The maximum absolute atomic E-state index is 4.77. The van der Waals surface area contributed by atoms with Crippen LogP contribution in [-0.4, -0.2) is 80.4 Å². The highest BCUT2D eigenvalue weighted by Crippen LogP contribution is 2.22. The van der Waals surface area contributed by atoms with Gasteiger partial charge in [0.25, 0.3) is 0 Å². The van der Waals surface area contributed by atoms with E-state index in [0.29, 0.717) is 5.25 Å². The molecule has 1 aromatic rings. The molecule has 1 fully saturated rings. The van der Waals surface area contributed by atoms with Gasteiger partial charge in [0.2, 0.25) is 0 Å². The fourth-order valence-corrected chi connectivity index (χ4v) is 4.09. The molecule has 27 heavy (non-hydrogen) atoms. The average Bonchev–Trinajstić information content (AvgIpc) is 2.88. The molecule has 0 radical (unpaired) electrons. The number of rotatable bonds is 9. The minimum absolute atomic E-state index is 0.456. The van der Waals surface area contributed by atoms with E-state index in [4.69, 9.17) is 4.99 Å². The third-order valence-electron chi connectivity index (χ3n) is 4.69. The van der Waals surface area contributed by atoms with E-state index < -0.39 is 0 Å². The lowest BCUT2D eigenvalue weighted by molar-refractivity contribution is 0.274. The van der Waals surface area contributed by atoms with Gasteiger partial charge in [-0.05, 0) is 58.6 Å². The van der Waals surface area contributed by atoms with Crippen LogP contribution in [0.2, 0.25) is 0 Å². The number of aliphatic imine (C=N–C) groups is 1. The second kappa shape index (κ2) is 13.0. The summed E-state index contributed by atoms with van der Waals surface area (Å²) in [5, 5.41) is 7.32. The van der Waals surface area contributed by atoms with Crippen molar-refractivity contribution in [3.8, 4) is 0 Å². The molecule has 1 aliphatic heterocycles. The van der Waals surface area contributed by atoms with Crippen molar-refractivity contribution < 1.29 is 0 Å². The summed E-state index contributed by atoms with van der Waals surface area (Å²) in [4.78, 5) is 11.1. The third kappa shape index (κ3) is 9.49. The Morgan fingerprint density at radius 3 is 2.74 bits per heavy atom. The highest BCUT2D eigenvalue weighted by atomic mass is 32.2. The average molecular weight is 392 g/mol. The molecule has 1 aromatic carbocycles. The highest BCUT2D eigenvalue weighted by molar-refractivity contribution is 8.00. The first-order chi connectivity index (χ1) is 13.2. The van der Waals surface area contributed by atoms with Crippen molar-refractivity contribution in [2.75, 3.05) is 59.4 Å². The number of benzene rings is 1. The molecule has 6 heteroatoms. The largest absolute Gasteiger partial charge is 0.357 e. The summed E-state index contributed by atoms with van der Waals surface area (Å²) in [6.45, 7) is 13.0. The SMILES string of the molecule is CCNC(=NCC(C)Sc1ccccc1)NCCCN1CCCN(C)CC1. The number of thioether (sulfide) groups is 1. The molecule has 1 unspecified atom stereocenters. The van der Waals surface area contributed by atoms with Crippen LogP contribution in [0.3, 0.4) is 0 Å². The zero-order valence-corrected chi connectivity index (χ0v) is 18.1. The fourth-order valence-electron chi connectivity index (χ4n) is 3.16. The highest BCUT2D eigenvalue weighted by Gasteiger charge is 2.11. The van der Waals surface area contributed by atoms with Gasteiger partial charge in [0.15, 0.2) is 5.96 Å². The Hall–Kier alpha value is -1.24. The maximum atomic E-state index is 4.77. The van der Waals surface area contributed by atoms with Crippen LogP contribution in [0.1, 0.15) is 26.7 Å². The molecule has 1 heterocycles. The molecule has 2 N–H and O–H groups in total. The van der Waals surface area contributed by atoms with Gasteiger partial charge in [0.1, 0.15) is 0 Å². The lowest BCUT2D eigenvalue weighted by Gasteiger charge is -2.20. The predicted octanol–water partition coefficient (Wildman–Crippen LogP) is 2.75. The summed E-state index contributed by atoms with van der Waals surface area (Å²) in [6, 6.07) is 10.6. The fraction of sp³-hybridized carbons (Fsp3) is 0.667. The van der Waals surface area contributed by atoms with Crippen molar-refractivity contribution >= 4 is 17.7 Å². The summed E-state index contributed by atoms with van der Waals surface area (Å²) < 4.78 is 0. The molecule has 0 amide bonds. The number of hydrogen-bond acceptors (Lipinski definition) is 4. The minimum atomic E-state index is 0.456. The van der Waals surface area contributed by atoms with E-state index in [9.17, 15) is 0 Å². The molecule has 0 bridgehead atoms. The van der Waals surface area contributed by atoms with Crippen LogP contribution in [0, 0.1) is 0 Å². The Bertz CT molecular complexity index is 537. The van der Waals surface area contributed by atoms with Gasteiger partial charge in [0, 0.05) is 36.3 Å². The van der Waals surface area contributed by atoms with E-state index >= 15 is 0 Å². The number of guanidine groups is 1. The second-order valence-electron chi connectivity index (χ2n) is 7.24. The van der Waals surface area contributed by atoms with Gasteiger partial charge in [-0.1, -0.05) is 25.1 Å². The molecular formula is C21H37N5S. The van der Waals surface area contributed by atoms with Crippen molar-refractivity contribution in [3.63, 3.8) is 0 Å². The van der Waals surface area contributed by atoms with Crippen LogP contribution in [0.25, 0.3) is 0 Å². The topological polar surface area (TPSA) is 42.9 Å². The Balaban J connectivity index is 1.68. The Morgan fingerprint density at radius 1 is 1.15 bits per heavy atom. The van der Waals surface area contributed by atoms with Gasteiger partial charge in [-0.25, -0.2) is 0 Å². The van der Waals surface area contributed by atoms with Gasteiger partial charge in [-0.3, -0.25) is 4.99 Å². The predicted molar refractivity (Wildman–Crippen MR) is 119 cm³/mol. The minimum Gasteiger partial charge on any atom is -0.357 e. The van der Waals surface area contributed by atoms with Crippen LogP contribution in [0.15, 0.2) is 40.2 Å². The van der Waals surface area contributed by atoms with E-state index in [1.807, 2.05) is 11.8 Å². The van der Waals surface area contributed by atoms with Crippen LogP contribution in [-0.2, 0) is 0 Å². The van der Waals surface area contributed by atoms with Crippen LogP contribution in [0.5, 0.6) is 0 Å². The normalized spacial score (nSPS) is 18.1. The molecule has 1 saturated heterocycles. The molecule has 2 rings (SSSR count). The third-order valence-corrected chi connectivity index (χ3v) is 5.78. The summed E-state index contributed by atoms with van der Waals surface area (Å²) in [7, 11) is 2.22. The Kier molecular flexibility index (Phi) is 10.6. The lowest BCUT2D eigenvalue weighted by atomic mass is 10.3.